The fraction of sp³-hybridized carbons (Fsp3) is 0. The monoisotopic (exact) mass is 337 g/mol. The molecule has 1 aliphatic heterocycles. The van der Waals surface area contributed by atoms with E-state index in [1.54, 1.807) is 12.3 Å². The Balaban J connectivity index is 1.77. The molecule has 0 aliphatic carbocycles. The van der Waals surface area contributed by atoms with E-state index < -0.39 is 15.0 Å². The van der Waals surface area contributed by atoms with Crippen molar-refractivity contribution in [2.45, 2.75) is 0 Å². The van der Waals surface area contributed by atoms with Crippen molar-refractivity contribution < 1.29 is 0 Å². The van der Waals surface area contributed by atoms with E-state index in [4.69, 9.17) is 10.5 Å². The number of rotatable bonds is 2. The van der Waals surface area contributed by atoms with Crippen LogP contribution in [-0.2, 0) is 0 Å². The zero-order valence-corrected chi connectivity index (χ0v) is 13.1. The minimum absolute atomic E-state index is 0.408. The third kappa shape index (κ3) is 2.78. The molecule has 0 saturated carbocycles. The zero-order chi connectivity index (χ0) is 14.7. The molecule has 0 amide bonds. The summed E-state index contributed by atoms with van der Waals surface area (Å²) in [5.41, 5.74) is 3.40. The van der Waals surface area contributed by atoms with Crippen molar-refractivity contribution in [2.75, 3.05) is 0 Å². The Morgan fingerprint density at radius 2 is 1.48 bits per heavy atom. The maximum atomic E-state index is 8.83. The summed E-state index contributed by atoms with van der Waals surface area (Å²) in [5.74, 6) is 0. The van der Waals surface area contributed by atoms with E-state index in [0.717, 1.165) is 5.56 Å². The summed E-state index contributed by atoms with van der Waals surface area (Å²) >= 11 is -0.408. The van der Waals surface area contributed by atoms with Gasteiger partial charge in [-0.1, -0.05) is 0 Å². The van der Waals surface area contributed by atoms with Crippen LogP contribution in [0, 0.1) is 22.7 Å². The molecule has 3 nitrogen and oxygen atoms in total. The van der Waals surface area contributed by atoms with Gasteiger partial charge in [-0.3, -0.25) is 0 Å². The maximum absolute atomic E-state index is 8.83. The number of aromatic nitrogens is 1. The van der Waals surface area contributed by atoms with Gasteiger partial charge in [-0.2, -0.15) is 0 Å². The molecule has 1 aromatic carbocycles. The Kier molecular flexibility index (Phi) is 3.67. The van der Waals surface area contributed by atoms with Gasteiger partial charge in [0.2, 0.25) is 0 Å². The van der Waals surface area contributed by atoms with Crippen LogP contribution in [0.15, 0.2) is 54.7 Å². The SMILES string of the molecule is N#Cc1ccc(C2=CC=C(c3ccc(C#N)nc3)[SeH2]2)cc1. The second-order valence-corrected chi connectivity index (χ2v) is 7.30. The number of pyridine rings is 1. The summed E-state index contributed by atoms with van der Waals surface area (Å²) in [6.45, 7) is 0. The van der Waals surface area contributed by atoms with Crippen LogP contribution in [-0.4, -0.2) is 19.9 Å². The first kappa shape index (κ1) is 13.3. The van der Waals surface area contributed by atoms with Crippen molar-refractivity contribution in [3.63, 3.8) is 0 Å². The van der Waals surface area contributed by atoms with Gasteiger partial charge in [0.05, 0.1) is 0 Å². The summed E-state index contributed by atoms with van der Waals surface area (Å²) in [6.07, 6.45) is 6.05. The van der Waals surface area contributed by atoms with Gasteiger partial charge >= 0.3 is 129 Å². The predicted molar refractivity (Wildman–Crippen MR) is 84.6 cm³/mol. The third-order valence-corrected chi connectivity index (χ3v) is 6.24. The van der Waals surface area contributed by atoms with Crippen molar-refractivity contribution in [3.8, 4) is 12.1 Å². The van der Waals surface area contributed by atoms with E-state index in [0.29, 0.717) is 11.3 Å². The van der Waals surface area contributed by atoms with Crippen molar-refractivity contribution >= 4 is 23.9 Å². The number of benzene rings is 1. The molecule has 0 unspecified atom stereocenters. The second-order valence-electron chi connectivity index (χ2n) is 4.52. The van der Waals surface area contributed by atoms with Gasteiger partial charge in [0.1, 0.15) is 0 Å². The van der Waals surface area contributed by atoms with Gasteiger partial charge in [0.25, 0.3) is 0 Å². The quantitative estimate of drug-likeness (QED) is 0.791. The van der Waals surface area contributed by atoms with Crippen LogP contribution >= 0.6 is 0 Å². The molecule has 0 bridgehead atoms. The fourth-order valence-electron chi connectivity index (χ4n) is 2.08. The molecule has 0 spiro atoms. The molecule has 21 heavy (non-hydrogen) atoms. The van der Waals surface area contributed by atoms with Crippen LogP contribution in [0.1, 0.15) is 22.4 Å². The molecule has 100 valence electrons. The Labute approximate surface area is 129 Å². The molecule has 1 aromatic heterocycles. The number of hydrogen-bond donors (Lipinski definition) is 0. The van der Waals surface area contributed by atoms with E-state index >= 15 is 0 Å². The molecule has 0 radical (unpaired) electrons. The molecule has 0 N–H and O–H groups in total. The summed E-state index contributed by atoms with van der Waals surface area (Å²) in [7, 11) is 0. The molecular weight excluding hydrogens is 325 g/mol. The van der Waals surface area contributed by atoms with Crippen molar-refractivity contribution in [2.24, 2.45) is 0 Å². The Bertz CT molecular complexity index is 745. The average Bonchev–Trinajstić information content (AvgIpc) is 3.05. The predicted octanol–water partition coefficient (Wildman–Crippen LogP) is 2.39. The van der Waals surface area contributed by atoms with Gasteiger partial charge in [0.15, 0.2) is 0 Å². The number of hydrogen-bond acceptors (Lipinski definition) is 3. The number of allylic oxidation sites excluding steroid dienone is 2. The Hall–Kier alpha value is -2.65. The molecule has 2 aromatic rings. The van der Waals surface area contributed by atoms with Crippen LogP contribution in [0.25, 0.3) is 8.94 Å². The minimum atomic E-state index is -0.408. The van der Waals surface area contributed by atoms with Gasteiger partial charge < -0.3 is 0 Å². The second kappa shape index (κ2) is 5.77. The Morgan fingerprint density at radius 3 is 2.05 bits per heavy atom. The van der Waals surface area contributed by atoms with Crippen LogP contribution in [0.3, 0.4) is 0 Å². The summed E-state index contributed by atoms with van der Waals surface area (Å²) in [5, 5.41) is 17.6. The van der Waals surface area contributed by atoms with Crippen LogP contribution in [0.4, 0.5) is 0 Å². The molecule has 4 heteroatoms. The van der Waals surface area contributed by atoms with E-state index in [1.165, 1.54) is 14.5 Å². The molecule has 0 atom stereocenters. The van der Waals surface area contributed by atoms with Crippen molar-refractivity contribution in [1.29, 1.82) is 10.5 Å². The van der Waals surface area contributed by atoms with E-state index in [2.05, 4.69) is 23.2 Å². The van der Waals surface area contributed by atoms with Crippen molar-refractivity contribution in [1.82, 2.24) is 4.98 Å². The van der Waals surface area contributed by atoms with Gasteiger partial charge in [0, 0.05) is 0 Å². The van der Waals surface area contributed by atoms with Crippen molar-refractivity contribution in [3.05, 3.63) is 77.1 Å². The first-order chi connectivity index (χ1) is 10.3. The zero-order valence-electron chi connectivity index (χ0n) is 11.0. The molecule has 2 heterocycles. The summed E-state index contributed by atoms with van der Waals surface area (Å²) < 4.78 is 2.66. The molecule has 3 rings (SSSR count). The molecule has 0 saturated heterocycles. The van der Waals surface area contributed by atoms with Gasteiger partial charge in [-0.05, 0) is 0 Å². The van der Waals surface area contributed by atoms with Gasteiger partial charge in [-0.15, -0.1) is 0 Å². The fourth-order valence-corrected chi connectivity index (χ4v) is 4.65. The number of nitriles is 2. The normalized spacial score (nSPS) is 15.0. The molecular formula is C17H11N3Se. The third-order valence-electron chi connectivity index (χ3n) is 3.20. The molecule has 0 fully saturated rings. The van der Waals surface area contributed by atoms with E-state index in [-0.39, 0.29) is 0 Å². The first-order valence-electron chi connectivity index (χ1n) is 6.36. The van der Waals surface area contributed by atoms with Crippen LogP contribution < -0.4 is 0 Å². The average molecular weight is 336 g/mol. The standard InChI is InChI=1S/C17H11N3Se/c18-9-12-1-3-13(4-2-12)16-7-8-17(21-16)14-5-6-15(10-19)20-11-14/h1-8,11H,21H2. The van der Waals surface area contributed by atoms with Crippen LogP contribution in [0.2, 0.25) is 0 Å². The van der Waals surface area contributed by atoms with Gasteiger partial charge in [-0.25, -0.2) is 0 Å². The molecule has 1 aliphatic rings. The topological polar surface area (TPSA) is 60.5 Å². The van der Waals surface area contributed by atoms with E-state index in [9.17, 15) is 0 Å². The Morgan fingerprint density at radius 1 is 0.810 bits per heavy atom. The van der Waals surface area contributed by atoms with Crippen LogP contribution in [0.5, 0.6) is 0 Å². The number of nitrogens with zero attached hydrogens (tertiary/aromatic N) is 3. The summed E-state index contributed by atoms with van der Waals surface area (Å²) in [4.78, 5) is 4.12. The summed E-state index contributed by atoms with van der Waals surface area (Å²) in [6, 6.07) is 15.6. The first-order valence-corrected chi connectivity index (χ1v) is 8.46. The van der Waals surface area contributed by atoms with E-state index in [1.807, 2.05) is 36.4 Å².